The largest absolute Gasteiger partial charge is 0.356 e. The van der Waals surface area contributed by atoms with Crippen LogP contribution in [-0.2, 0) is 5.41 Å². The summed E-state index contributed by atoms with van der Waals surface area (Å²) in [6, 6.07) is 75.6. The monoisotopic (exact) mass is 717 g/mol. The van der Waals surface area contributed by atoms with Crippen molar-refractivity contribution < 1.29 is 0 Å². The third-order valence-electron chi connectivity index (χ3n) is 11.6. The second-order valence-electron chi connectivity index (χ2n) is 14.5. The van der Waals surface area contributed by atoms with Crippen molar-refractivity contribution in [3.63, 3.8) is 0 Å². The molecule has 2 heteroatoms. The third-order valence-corrected chi connectivity index (χ3v) is 12.8. The summed E-state index contributed by atoms with van der Waals surface area (Å²) in [4.78, 5) is 0. The number of anilines is 2. The minimum absolute atomic E-state index is 0.379. The third kappa shape index (κ3) is 4.99. The predicted octanol–water partition coefficient (Wildman–Crippen LogP) is 14.6. The topological polar surface area (TPSA) is 12.0 Å². The second-order valence-corrected chi connectivity index (χ2v) is 15.5. The first-order valence-electron chi connectivity index (χ1n) is 18.9. The molecule has 1 aliphatic rings. The smallest absolute Gasteiger partial charge is 0.0713 e. The number of thiophene rings is 1. The summed E-state index contributed by atoms with van der Waals surface area (Å²) < 4.78 is 2.70. The number of benzene rings is 9. The molecule has 0 spiro atoms. The summed E-state index contributed by atoms with van der Waals surface area (Å²) in [7, 11) is 0. The van der Waals surface area contributed by atoms with E-state index in [1.807, 2.05) is 11.3 Å². The van der Waals surface area contributed by atoms with E-state index in [-0.39, 0.29) is 5.41 Å². The summed E-state index contributed by atoms with van der Waals surface area (Å²) in [6.45, 7) is 0. The number of hydrogen-bond acceptors (Lipinski definition) is 2. The molecule has 0 fully saturated rings. The van der Waals surface area contributed by atoms with Gasteiger partial charge in [-0.15, -0.1) is 11.3 Å². The highest BCUT2D eigenvalue weighted by atomic mass is 32.1. The summed E-state index contributed by atoms with van der Waals surface area (Å²) in [5.41, 5.74) is 14.5. The van der Waals surface area contributed by atoms with Crippen LogP contribution in [0.4, 0.5) is 11.4 Å². The van der Waals surface area contributed by atoms with Gasteiger partial charge in [0.15, 0.2) is 0 Å². The van der Waals surface area contributed by atoms with Gasteiger partial charge in [0.2, 0.25) is 0 Å². The highest BCUT2D eigenvalue weighted by molar-refractivity contribution is 7.27. The van der Waals surface area contributed by atoms with Crippen LogP contribution >= 0.6 is 11.3 Å². The molecule has 9 aromatic carbocycles. The Morgan fingerprint density at radius 2 is 0.909 bits per heavy atom. The van der Waals surface area contributed by atoms with E-state index < -0.39 is 0 Å². The number of nitrogens with one attached hydrogen (secondary N) is 1. The van der Waals surface area contributed by atoms with Crippen LogP contribution in [0.2, 0.25) is 0 Å². The molecule has 0 aliphatic heterocycles. The van der Waals surface area contributed by atoms with Crippen LogP contribution in [0.25, 0.3) is 64.3 Å². The number of fused-ring (bicyclic) bond motifs is 8. The van der Waals surface area contributed by atoms with E-state index in [0.29, 0.717) is 0 Å². The fraction of sp³-hybridized carbons (Fsp3) is 0.0189. The van der Waals surface area contributed by atoms with Gasteiger partial charge in [-0.25, -0.2) is 0 Å². The van der Waals surface area contributed by atoms with Gasteiger partial charge >= 0.3 is 0 Å². The molecule has 0 bridgehead atoms. The van der Waals surface area contributed by atoms with Crippen LogP contribution < -0.4 is 5.32 Å². The van der Waals surface area contributed by atoms with Crippen molar-refractivity contribution in [3.05, 3.63) is 229 Å². The molecule has 1 heterocycles. The summed E-state index contributed by atoms with van der Waals surface area (Å²) in [5.74, 6) is 0. The molecule has 1 N–H and O–H groups in total. The van der Waals surface area contributed by atoms with Crippen LogP contribution in [0.3, 0.4) is 0 Å². The van der Waals surface area contributed by atoms with E-state index >= 15 is 0 Å². The van der Waals surface area contributed by atoms with Gasteiger partial charge in [-0.2, -0.15) is 0 Å². The van der Waals surface area contributed by atoms with Crippen LogP contribution in [0.5, 0.6) is 0 Å². The summed E-state index contributed by atoms with van der Waals surface area (Å²) in [6.07, 6.45) is 0. The summed E-state index contributed by atoms with van der Waals surface area (Å²) >= 11 is 1.90. The number of rotatable bonds is 6. The number of hydrogen-bond donors (Lipinski definition) is 1. The van der Waals surface area contributed by atoms with Crippen molar-refractivity contribution in [2.45, 2.75) is 5.41 Å². The first kappa shape index (κ1) is 31.8. The van der Waals surface area contributed by atoms with Crippen molar-refractivity contribution in [2.75, 3.05) is 5.32 Å². The molecule has 0 saturated carbocycles. The Hall–Kier alpha value is -6.74. The van der Waals surface area contributed by atoms with E-state index in [2.05, 4.69) is 212 Å². The average molecular weight is 718 g/mol. The molecular formula is C53H35NS. The lowest BCUT2D eigenvalue weighted by Gasteiger charge is -2.33. The van der Waals surface area contributed by atoms with Crippen LogP contribution in [0.1, 0.15) is 22.3 Å². The fourth-order valence-electron chi connectivity index (χ4n) is 9.03. The van der Waals surface area contributed by atoms with Crippen LogP contribution in [0.15, 0.2) is 206 Å². The minimum Gasteiger partial charge on any atom is -0.356 e. The molecule has 0 atom stereocenters. The van der Waals surface area contributed by atoms with E-state index in [1.54, 1.807) is 0 Å². The van der Waals surface area contributed by atoms with Crippen molar-refractivity contribution >= 4 is 53.7 Å². The molecule has 1 aliphatic carbocycles. The Labute approximate surface area is 324 Å². The molecule has 0 saturated heterocycles. The zero-order valence-electron chi connectivity index (χ0n) is 30.0. The Kier molecular flexibility index (Phi) is 7.33. The molecular weight excluding hydrogens is 683 g/mol. The Morgan fingerprint density at radius 3 is 1.65 bits per heavy atom. The van der Waals surface area contributed by atoms with Gasteiger partial charge in [0.25, 0.3) is 0 Å². The van der Waals surface area contributed by atoms with E-state index in [9.17, 15) is 0 Å². The second kappa shape index (κ2) is 12.7. The Bertz CT molecular complexity index is 2990. The lowest BCUT2D eigenvalue weighted by atomic mass is 9.67. The van der Waals surface area contributed by atoms with Crippen LogP contribution in [0, 0.1) is 0 Å². The molecule has 0 amide bonds. The van der Waals surface area contributed by atoms with Gasteiger partial charge in [-0.3, -0.25) is 0 Å². The molecule has 0 unspecified atom stereocenters. The predicted molar refractivity (Wildman–Crippen MR) is 235 cm³/mol. The Balaban J connectivity index is 0.897. The van der Waals surface area contributed by atoms with Gasteiger partial charge in [-0.05, 0) is 96.7 Å². The van der Waals surface area contributed by atoms with Gasteiger partial charge in [-0.1, -0.05) is 176 Å². The standard InChI is InChI=1S/C53H35NS/c1-3-13-39(14-4-1)53(40-15-5-2-6-16-40)49-21-10-9-18-45(49)48-34-38(27-33-50(48)53)35-22-28-41(29-23-35)54-42-30-24-37(25-31-42)44-19-11-20-46-47-32-26-36-12-7-8-17-43(36)52(47)55-51(44)46/h1-34,54H. The minimum atomic E-state index is -0.379. The maximum absolute atomic E-state index is 3.64. The fourth-order valence-corrected chi connectivity index (χ4v) is 10.4. The van der Waals surface area contributed by atoms with E-state index in [0.717, 1.165) is 11.4 Å². The van der Waals surface area contributed by atoms with Gasteiger partial charge in [0.05, 0.1) is 5.41 Å². The van der Waals surface area contributed by atoms with Crippen molar-refractivity contribution in [3.8, 4) is 33.4 Å². The molecule has 11 rings (SSSR count). The molecule has 1 aromatic heterocycles. The highest BCUT2D eigenvalue weighted by Gasteiger charge is 2.45. The SMILES string of the molecule is c1ccc(C2(c3ccccc3)c3ccccc3-c3cc(-c4ccc(Nc5ccc(-c6cccc7c6sc6c8ccccc8ccc76)cc5)cc4)ccc32)cc1. The molecule has 55 heavy (non-hydrogen) atoms. The lowest BCUT2D eigenvalue weighted by molar-refractivity contribution is 0.768. The van der Waals surface area contributed by atoms with Crippen molar-refractivity contribution in [1.82, 2.24) is 0 Å². The Morgan fingerprint density at radius 1 is 0.345 bits per heavy atom. The molecule has 0 radical (unpaired) electrons. The highest BCUT2D eigenvalue weighted by Crippen LogP contribution is 2.56. The van der Waals surface area contributed by atoms with Crippen molar-refractivity contribution in [1.29, 1.82) is 0 Å². The first-order valence-corrected chi connectivity index (χ1v) is 19.7. The van der Waals surface area contributed by atoms with Gasteiger partial charge < -0.3 is 5.32 Å². The molecule has 10 aromatic rings. The first-order chi connectivity index (χ1) is 27.3. The van der Waals surface area contributed by atoms with Gasteiger partial charge in [0, 0.05) is 31.5 Å². The zero-order valence-corrected chi connectivity index (χ0v) is 30.9. The maximum atomic E-state index is 3.64. The normalized spacial score (nSPS) is 12.9. The molecule has 258 valence electrons. The molecule has 1 nitrogen and oxygen atoms in total. The zero-order chi connectivity index (χ0) is 36.3. The van der Waals surface area contributed by atoms with E-state index in [4.69, 9.17) is 0 Å². The average Bonchev–Trinajstić information content (AvgIpc) is 3.79. The lowest BCUT2D eigenvalue weighted by Crippen LogP contribution is -2.28. The van der Waals surface area contributed by atoms with Crippen molar-refractivity contribution in [2.24, 2.45) is 0 Å². The maximum Gasteiger partial charge on any atom is 0.0713 e. The van der Waals surface area contributed by atoms with Crippen LogP contribution in [-0.4, -0.2) is 0 Å². The van der Waals surface area contributed by atoms with E-state index in [1.165, 1.54) is 86.6 Å². The summed E-state index contributed by atoms with van der Waals surface area (Å²) in [5, 5.41) is 8.92. The quantitative estimate of drug-likeness (QED) is 0.181. The van der Waals surface area contributed by atoms with Gasteiger partial charge in [0.1, 0.15) is 0 Å².